The van der Waals surface area contributed by atoms with E-state index in [1.165, 1.54) is 14.8 Å². The summed E-state index contributed by atoms with van der Waals surface area (Å²) >= 11 is 11.7. The minimum atomic E-state index is -0.0234. The normalized spacial score (nSPS) is 19.4. The van der Waals surface area contributed by atoms with E-state index < -0.39 is 0 Å². The molecule has 0 amide bonds. The number of hydrogen-bond donors (Lipinski definition) is 2. The van der Waals surface area contributed by atoms with Crippen molar-refractivity contribution in [2.75, 3.05) is 4.90 Å². The Morgan fingerprint density at radius 1 is 1.11 bits per heavy atom. The van der Waals surface area contributed by atoms with Crippen molar-refractivity contribution in [3.63, 3.8) is 0 Å². The zero-order chi connectivity index (χ0) is 19.1. The number of aromatic nitrogens is 2. The summed E-state index contributed by atoms with van der Waals surface area (Å²) in [6.45, 7) is 4.24. The van der Waals surface area contributed by atoms with Crippen molar-refractivity contribution < 1.29 is 0 Å². The van der Waals surface area contributed by atoms with Gasteiger partial charge in [0.15, 0.2) is 5.11 Å². The Morgan fingerprint density at radius 3 is 2.44 bits per heavy atom. The topological polar surface area (TPSA) is 44.0 Å². The highest BCUT2D eigenvalue weighted by Gasteiger charge is 2.42. The molecule has 1 fully saturated rings. The highest BCUT2D eigenvalue weighted by atomic mass is 127. The molecule has 0 saturated carbocycles. The number of pyridine rings is 1. The molecule has 1 aliphatic heterocycles. The standard InChI is InChI=1S/C20H18BrIN4S/c1-11-16(17(22)12(2)24-11)19-18(15-5-3-4-10-23-15)25-20(27)26(19)14-8-6-13(21)7-9-14/h3-10,18-19,24H,1-2H3,(H,25,27). The number of anilines is 1. The van der Waals surface area contributed by atoms with E-state index in [4.69, 9.17) is 12.2 Å². The van der Waals surface area contributed by atoms with Crippen LogP contribution in [0.25, 0.3) is 0 Å². The van der Waals surface area contributed by atoms with Gasteiger partial charge >= 0.3 is 0 Å². The summed E-state index contributed by atoms with van der Waals surface area (Å²) in [5, 5.41) is 4.23. The van der Waals surface area contributed by atoms with Crippen molar-refractivity contribution in [3.05, 3.63) is 79.3 Å². The molecule has 7 heteroatoms. The van der Waals surface area contributed by atoms with Gasteiger partial charge in [0.05, 0.1) is 17.8 Å². The SMILES string of the molecule is Cc1[nH]c(C)c(C2C(c3ccccn3)NC(=S)N2c2ccc(Br)cc2)c1I. The Bertz CT molecular complexity index is 987. The van der Waals surface area contributed by atoms with E-state index >= 15 is 0 Å². The van der Waals surface area contributed by atoms with Crippen LogP contribution in [0.1, 0.15) is 34.7 Å². The first-order valence-corrected chi connectivity index (χ1v) is 10.9. The largest absolute Gasteiger partial charge is 0.362 e. The molecule has 1 saturated heterocycles. The van der Waals surface area contributed by atoms with Crippen molar-refractivity contribution in [2.24, 2.45) is 0 Å². The van der Waals surface area contributed by atoms with Crippen molar-refractivity contribution in [2.45, 2.75) is 25.9 Å². The molecule has 0 radical (unpaired) electrons. The van der Waals surface area contributed by atoms with E-state index in [0.717, 1.165) is 21.5 Å². The third kappa shape index (κ3) is 3.40. The number of aromatic amines is 1. The Morgan fingerprint density at radius 2 is 1.85 bits per heavy atom. The van der Waals surface area contributed by atoms with Gasteiger partial charge in [0.2, 0.25) is 0 Å². The lowest BCUT2D eigenvalue weighted by atomic mass is 9.96. The minimum absolute atomic E-state index is 0.0189. The van der Waals surface area contributed by atoms with Gasteiger partial charge in [-0.2, -0.15) is 0 Å². The van der Waals surface area contributed by atoms with Gasteiger partial charge in [-0.25, -0.2) is 0 Å². The van der Waals surface area contributed by atoms with Crippen molar-refractivity contribution in [3.8, 4) is 0 Å². The summed E-state index contributed by atoms with van der Waals surface area (Å²) in [4.78, 5) is 10.3. The predicted molar refractivity (Wildman–Crippen MR) is 125 cm³/mol. The lowest BCUT2D eigenvalue weighted by Gasteiger charge is -2.28. The Balaban J connectivity index is 1.89. The van der Waals surface area contributed by atoms with Crippen LogP contribution in [0.5, 0.6) is 0 Å². The first-order valence-electron chi connectivity index (χ1n) is 8.58. The van der Waals surface area contributed by atoms with E-state index in [2.05, 4.69) is 90.8 Å². The van der Waals surface area contributed by atoms with Crippen LogP contribution in [0, 0.1) is 17.4 Å². The van der Waals surface area contributed by atoms with Crippen LogP contribution in [0.3, 0.4) is 0 Å². The predicted octanol–water partition coefficient (Wildman–Crippen LogP) is 5.57. The molecule has 4 nitrogen and oxygen atoms in total. The number of benzene rings is 1. The molecule has 27 heavy (non-hydrogen) atoms. The van der Waals surface area contributed by atoms with Crippen molar-refractivity contribution in [1.82, 2.24) is 15.3 Å². The zero-order valence-corrected chi connectivity index (χ0v) is 19.4. The minimum Gasteiger partial charge on any atom is -0.362 e. The summed E-state index contributed by atoms with van der Waals surface area (Å²) in [7, 11) is 0. The number of thiocarbonyl (C=S) groups is 1. The molecule has 3 aromatic rings. The zero-order valence-electron chi connectivity index (χ0n) is 14.8. The monoisotopic (exact) mass is 552 g/mol. The third-order valence-electron chi connectivity index (χ3n) is 4.84. The van der Waals surface area contributed by atoms with Gasteiger partial charge in [0, 0.05) is 36.9 Å². The quantitative estimate of drug-likeness (QED) is 0.329. The maximum atomic E-state index is 5.77. The molecule has 2 aromatic heterocycles. The molecule has 0 aliphatic carbocycles. The van der Waals surface area contributed by atoms with Gasteiger partial charge in [-0.1, -0.05) is 22.0 Å². The summed E-state index contributed by atoms with van der Waals surface area (Å²) in [6, 6.07) is 14.3. The number of hydrogen-bond acceptors (Lipinski definition) is 2. The molecular formula is C20H18BrIN4S. The number of H-pyrrole nitrogens is 1. The van der Waals surface area contributed by atoms with Crippen LogP contribution in [0.4, 0.5) is 5.69 Å². The lowest BCUT2D eigenvalue weighted by molar-refractivity contribution is 0.564. The van der Waals surface area contributed by atoms with Gasteiger partial charge < -0.3 is 15.2 Å². The van der Waals surface area contributed by atoms with Crippen LogP contribution >= 0.6 is 50.7 Å². The fraction of sp³-hybridized carbons (Fsp3) is 0.200. The molecule has 138 valence electrons. The van der Waals surface area contributed by atoms with E-state index in [9.17, 15) is 0 Å². The van der Waals surface area contributed by atoms with E-state index in [1.807, 2.05) is 30.5 Å². The fourth-order valence-electron chi connectivity index (χ4n) is 3.65. The number of nitrogens with zero attached hydrogens (tertiary/aromatic N) is 2. The van der Waals surface area contributed by atoms with E-state index in [0.29, 0.717) is 5.11 Å². The second kappa shape index (κ2) is 7.52. The Labute approximate surface area is 186 Å². The third-order valence-corrected chi connectivity index (χ3v) is 7.08. The highest BCUT2D eigenvalue weighted by molar-refractivity contribution is 14.1. The Kier molecular flexibility index (Phi) is 5.26. The van der Waals surface area contributed by atoms with Gasteiger partial charge in [0.1, 0.15) is 0 Å². The van der Waals surface area contributed by atoms with Crippen LogP contribution in [-0.2, 0) is 0 Å². The van der Waals surface area contributed by atoms with Crippen LogP contribution < -0.4 is 10.2 Å². The van der Waals surface area contributed by atoms with Crippen LogP contribution in [0.2, 0.25) is 0 Å². The van der Waals surface area contributed by atoms with Crippen LogP contribution in [-0.4, -0.2) is 15.1 Å². The summed E-state index contributed by atoms with van der Waals surface area (Å²) < 4.78 is 2.29. The molecule has 4 rings (SSSR count). The summed E-state index contributed by atoms with van der Waals surface area (Å²) in [5.41, 5.74) is 5.65. The summed E-state index contributed by atoms with van der Waals surface area (Å²) in [6.07, 6.45) is 1.83. The molecule has 1 aromatic carbocycles. The molecule has 2 atom stereocenters. The van der Waals surface area contributed by atoms with Crippen molar-refractivity contribution in [1.29, 1.82) is 0 Å². The number of aryl methyl sites for hydroxylation is 2. The molecule has 0 spiro atoms. The average Bonchev–Trinajstić information content (AvgIpc) is 3.12. The van der Waals surface area contributed by atoms with Crippen LogP contribution in [0.15, 0.2) is 53.1 Å². The molecule has 2 N–H and O–H groups in total. The van der Waals surface area contributed by atoms with E-state index in [-0.39, 0.29) is 12.1 Å². The van der Waals surface area contributed by atoms with Gasteiger partial charge in [-0.3, -0.25) is 4.98 Å². The second-order valence-electron chi connectivity index (χ2n) is 6.58. The molecule has 0 bridgehead atoms. The van der Waals surface area contributed by atoms with Gasteiger partial charge in [-0.15, -0.1) is 0 Å². The second-order valence-corrected chi connectivity index (χ2v) is 8.96. The highest BCUT2D eigenvalue weighted by Crippen LogP contribution is 2.44. The number of halogens is 2. The Hall–Kier alpha value is -1.45. The molecule has 1 aliphatic rings. The lowest BCUT2D eigenvalue weighted by Crippen LogP contribution is -2.29. The van der Waals surface area contributed by atoms with E-state index in [1.54, 1.807) is 0 Å². The molecule has 3 heterocycles. The first-order chi connectivity index (χ1) is 13.0. The number of nitrogens with one attached hydrogen (secondary N) is 2. The maximum Gasteiger partial charge on any atom is 0.174 e. The van der Waals surface area contributed by atoms with Crippen molar-refractivity contribution >= 4 is 61.5 Å². The first kappa shape index (κ1) is 18.9. The average molecular weight is 553 g/mol. The maximum absolute atomic E-state index is 5.77. The molecule has 2 unspecified atom stereocenters. The van der Waals surface area contributed by atoms with Gasteiger partial charge in [0.25, 0.3) is 0 Å². The fourth-order valence-corrected chi connectivity index (χ4v) is 5.12. The number of rotatable bonds is 3. The summed E-state index contributed by atoms with van der Waals surface area (Å²) in [5.74, 6) is 0. The van der Waals surface area contributed by atoms with Gasteiger partial charge in [-0.05, 0) is 85.1 Å². The molecular weight excluding hydrogens is 535 g/mol. The smallest absolute Gasteiger partial charge is 0.174 e.